The molecule has 4 aromatic rings. The molecule has 4 heterocycles. The lowest BCUT2D eigenvalue weighted by atomic mass is 9.67. The number of benzene rings is 2. The van der Waals surface area contributed by atoms with Crippen molar-refractivity contribution in [2.24, 2.45) is 17.8 Å². The maximum absolute atomic E-state index is 14.7. The molecule has 4 aliphatic rings. The first-order valence-corrected chi connectivity index (χ1v) is 15.0. The van der Waals surface area contributed by atoms with Crippen LogP contribution in [0.3, 0.4) is 0 Å². The average Bonchev–Trinajstić information content (AvgIpc) is 3.72. The summed E-state index contributed by atoms with van der Waals surface area (Å²) in [5, 5.41) is 16.6. The monoisotopic (exact) mass is 532 g/mol. The average molecular weight is 533 g/mol. The molecule has 10 nitrogen and oxygen atoms in total. The largest absolute Gasteiger partial charge is 0.382 e. The van der Waals surface area contributed by atoms with E-state index in [-0.39, 0.29) is 12.0 Å². The maximum Gasteiger partial charge on any atom is 0.304 e. The van der Waals surface area contributed by atoms with Crippen LogP contribution in [-0.4, -0.2) is 71.2 Å². The van der Waals surface area contributed by atoms with Gasteiger partial charge in [0.25, 0.3) is 0 Å². The first kappa shape index (κ1) is 22.8. The summed E-state index contributed by atoms with van der Waals surface area (Å²) in [5.74, 6) is 1.97. The number of rotatable bonds is 3. The highest BCUT2D eigenvalue weighted by Gasteiger charge is 2.58. The molecule has 1 saturated heterocycles. The molecule has 2 aliphatic carbocycles. The number of fused-ring (bicyclic) bond motifs is 10. The molecular weight excluding hydrogens is 500 g/mol. The summed E-state index contributed by atoms with van der Waals surface area (Å²) < 4.78 is 32.9. The number of aromatic amines is 2. The number of hydrogen-bond acceptors (Lipinski definition) is 6. The molecule has 0 spiro atoms. The molecule has 4 N–H and O–H groups in total. The first-order chi connectivity index (χ1) is 18.4. The molecule has 11 heteroatoms. The van der Waals surface area contributed by atoms with Crippen LogP contribution in [-0.2, 0) is 10.2 Å². The van der Waals surface area contributed by atoms with Gasteiger partial charge in [-0.15, -0.1) is 0 Å². The number of likely N-dealkylation sites (N-methyl/N-ethyl adjacent to an activating group) is 1. The lowest BCUT2D eigenvalue weighted by Crippen LogP contribution is -2.55. The van der Waals surface area contributed by atoms with E-state index in [0.29, 0.717) is 36.7 Å². The van der Waals surface area contributed by atoms with Crippen molar-refractivity contribution in [1.29, 1.82) is 0 Å². The van der Waals surface area contributed by atoms with Crippen molar-refractivity contribution in [3.63, 3.8) is 0 Å². The highest BCUT2D eigenvalue weighted by Crippen LogP contribution is 2.66. The van der Waals surface area contributed by atoms with Crippen LogP contribution in [0.15, 0.2) is 36.5 Å². The molecule has 2 aliphatic heterocycles. The highest BCUT2D eigenvalue weighted by atomic mass is 32.2. The van der Waals surface area contributed by atoms with Crippen molar-refractivity contribution in [3.05, 3.63) is 47.7 Å². The Balaban J connectivity index is 1.39. The molecule has 0 amide bonds. The van der Waals surface area contributed by atoms with Crippen LogP contribution in [0.2, 0.25) is 0 Å². The first-order valence-electron chi connectivity index (χ1n) is 13.6. The molecule has 2 saturated carbocycles. The Morgan fingerprint density at radius 2 is 1.74 bits per heavy atom. The van der Waals surface area contributed by atoms with Gasteiger partial charge in [0, 0.05) is 37.0 Å². The zero-order valence-electron chi connectivity index (χ0n) is 21.3. The van der Waals surface area contributed by atoms with E-state index in [1.165, 1.54) is 6.42 Å². The van der Waals surface area contributed by atoms with Crippen LogP contribution >= 0.6 is 0 Å². The van der Waals surface area contributed by atoms with Crippen LogP contribution in [0.4, 0.5) is 11.5 Å². The molecule has 198 valence electrons. The topological polar surface area (TPSA) is 127 Å². The number of anilines is 2. The number of piperazine rings is 1. The predicted molar refractivity (Wildman–Crippen MR) is 147 cm³/mol. The Kier molecular flexibility index (Phi) is 4.76. The number of nitrogens with zero attached hydrogens (tertiary/aromatic N) is 5. The van der Waals surface area contributed by atoms with Crippen molar-refractivity contribution < 1.29 is 8.42 Å². The van der Waals surface area contributed by atoms with E-state index in [1.807, 2.05) is 31.4 Å². The number of aromatic nitrogens is 4. The third-order valence-electron chi connectivity index (χ3n) is 9.81. The van der Waals surface area contributed by atoms with Crippen molar-refractivity contribution >= 4 is 43.5 Å². The second kappa shape index (κ2) is 7.93. The molecule has 38 heavy (non-hydrogen) atoms. The summed E-state index contributed by atoms with van der Waals surface area (Å²) in [6.07, 6.45) is 5.39. The van der Waals surface area contributed by atoms with Gasteiger partial charge < -0.3 is 10.6 Å². The Hall–Kier alpha value is -3.15. The van der Waals surface area contributed by atoms with Crippen molar-refractivity contribution in [1.82, 2.24) is 29.6 Å². The lowest BCUT2D eigenvalue weighted by Gasteiger charge is -2.50. The van der Waals surface area contributed by atoms with Gasteiger partial charge in [0.15, 0.2) is 5.82 Å². The molecule has 2 bridgehead atoms. The van der Waals surface area contributed by atoms with E-state index < -0.39 is 10.2 Å². The van der Waals surface area contributed by atoms with Gasteiger partial charge in [0.1, 0.15) is 0 Å². The van der Waals surface area contributed by atoms with E-state index in [2.05, 4.69) is 37.4 Å². The quantitative estimate of drug-likeness (QED) is 0.372. The van der Waals surface area contributed by atoms with Gasteiger partial charge in [-0.1, -0.05) is 6.07 Å². The van der Waals surface area contributed by atoms with Crippen LogP contribution in [0.5, 0.6) is 0 Å². The van der Waals surface area contributed by atoms with Crippen LogP contribution < -0.4 is 10.0 Å². The Morgan fingerprint density at radius 3 is 2.58 bits per heavy atom. The highest BCUT2D eigenvalue weighted by molar-refractivity contribution is 7.90. The number of hydrogen-bond donors (Lipinski definition) is 3. The minimum Gasteiger partial charge on any atom is -0.382 e. The third-order valence-corrected chi connectivity index (χ3v) is 11.7. The van der Waals surface area contributed by atoms with Gasteiger partial charge in [0.2, 0.25) is 0 Å². The smallest absolute Gasteiger partial charge is 0.304 e. The maximum atomic E-state index is 14.7. The minimum absolute atomic E-state index is 0.189. The van der Waals surface area contributed by atoms with Crippen molar-refractivity contribution in [2.45, 2.75) is 31.2 Å². The second-order valence-corrected chi connectivity index (χ2v) is 13.4. The summed E-state index contributed by atoms with van der Waals surface area (Å²) in [6, 6.07) is 9.80. The lowest BCUT2D eigenvalue weighted by molar-refractivity contribution is 0.213. The van der Waals surface area contributed by atoms with E-state index in [9.17, 15) is 8.42 Å². The zero-order valence-corrected chi connectivity index (χ0v) is 22.2. The predicted octanol–water partition coefficient (Wildman–Crippen LogP) is 3.20. The number of nitrogen functional groups attached to an aromatic ring is 1. The minimum atomic E-state index is -3.82. The standard InChI is InChI=1S/C27H32N8O2S/c1-33-8-10-34(11-9-33)38(36,37)35-22-7-6-21-19(14-29-30-21)25(22)23-15-2-3-16(12-15)24(23)26(35)17-4-5-20-18(13-17)27(28)32-31-20/h4-7,13-16,23-24,26H,2-3,8-12H2,1H3,(H,29,30)(H3,28,31,32)/t15?,16?,23-,24?,26-/m0/s1. The fourth-order valence-corrected chi connectivity index (χ4v) is 9.93. The van der Waals surface area contributed by atoms with Gasteiger partial charge in [-0.2, -0.15) is 22.9 Å². The summed E-state index contributed by atoms with van der Waals surface area (Å²) >= 11 is 0. The van der Waals surface area contributed by atoms with Gasteiger partial charge in [-0.05, 0) is 85.4 Å². The molecular formula is C27H32N8O2S. The van der Waals surface area contributed by atoms with E-state index in [1.54, 1.807) is 8.61 Å². The number of H-pyrrole nitrogens is 2. The Labute approximate surface area is 221 Å². The van der Waals surface area contributed by atoms with E-state index in [4.69, 9.17) is 5.73 Å². The molecule has 0 radical (unpaired) electrons. The molecule has 3 fully saturated rings. The summed E-state index contributed by atoms with van der Waals surface area (Å²) in [7, 11) is -1.78. The molecule has 2 aromatic heterocycles. The van der Waals surface area contributed by atoms with Gasteiger partial charge in [-0.25, -0.2) is 4.31 Å². The van der Waals surface area contributed by atoms with E-state index >= 15 is 0 Å². The van der Waals surface area contributed by atoms with Gasteiger partial charge in [0.05, 0.1) is 29.0 Å². The number of nitrogens with one attached hydrogen (secondary N) is 2. The Bertz CT molecular complexity index is 1670. The van der Waals surface area contributed by atoms with Gasteiger partial charge in [-0.3, -0.25) is 10.2 Å². The fraction of sp³-hybridized carbons (Fsp3) is 0.481. The van der Waals surface area contributed by atoms with Crippen molar-refractivity contribution in [2.75, 3.05) is 43.3 Å². The third kappa shape index (κ3) is 3.03. The van der Waals surface area contributed by atoms with Crippen LogP contribution in [0.1, 0.15) is 42.3 Å². The molecule has 5 atom stereocenters. The summed E-state index contributed by atoms with van der Waals surface area (Å²) in [4.78, 5) is 2.18. The normalized spacial score (nSPS) is 29.8. The number of nitrogens with two attached hydrogens (primary N) is 1. The van der Waals surface area contributed by atoms with Crippen LogP contribution in [0, 0.1) is 17.8 Å². The summed E-state index contributed by atoms with van der Waals surface area (Å²) in [5.41, 5.74) is 11.0. The van der Waals surface area contributed by atoms with Gasteiger partial charge >= 0.3 is 10.2 Å². The second-order valence-electron chi connectivity index (χ2n) is 11.6. The summed E-state index contributed by atoms with van der Waals surface area (Å²) in [6.45, 7) is 2.41. The SMILES string of the molecule is CN1CCN(S(=O)(=O)N2c3ccc4[nH]ncc4c3[C@H]3C4CCC(C4)C3[C@@H]2c2ccc3[nH]nc(N)c3c2)CC1. The molecule has 3 unspecified atom stereocenters. The molecule has 8 rings (SSSR count). The Morgan fingerprint density at radius 1 is 0.974 bits per heavy atom. The fourth-order valence-electron chi connectivity index (χ4n) is 8.10. The molecule has 2 aromatic carbocycles. The van der Waals surface area contributed by atoms with E-state index in [0.717, 1.165) is 64.6 Å². The van der Waals surface area contributed by atoms with Crippen LogP contribution in [0.25, 0.3) is 21.8 Å². The van der Waals surface area contributed by atoms with Crippen molar-refractivity contribution in [3.8, 4) is 0 Å². The zero-order chi connectivity index (χ0) is 25.8.